The minimum absolute atomic E-state index is 0.0374. The van der Waals surface area contributed by atoms with Crippen LogP contribution in [-0.4, -0.2) is 19.9 Å². The van der Waals surface area contributed by atoms with Gasteiger partial charge in [0.25, 0.3) is 0 Å². The number of aliphatic hydroxyl groups excluding tert-OH is 1. The molecule has 2 aromatic heterocycles. The summed E-state index contributed by atoms with van der Waals surface area (Å²) in [6.45, 7) is 9.29. The maximum absolute atomic E-state index is 10.2. The molecular formula is C14H21N3OS. The molecule has 19 heavy (non-hydrogen) atoms. The van der Waals surface area contributed by atoms with Gasteiger partial charge in [-0.2, -0.15) is 5.10 Å². The molecule has 0 saturated heterocycles. The molecule has 0 aromatic carbocycles. The molecule has 1 unspecified atom stereocenters. The predicted molar refractivity (Wildman–Crippen MR) is 77.4 cm³/mol. The molecule has 2 heterocycles. The standard InChI is InChI=1S/C14H21N3OS/c1-5-17-8-10(7-15-17)6-12(18)11-9-19-13(16-11)14(2,3)4/h7-9,12,18H,5-6H2,1-4H3. The van der Waals surface area contributed by atoms with Crippen molar-refractivity contribution in [1.29, 1.82) is 0 Å². The molecule has 1 N–H and O–H groups in total. The van der Waals surface area contributed by atoms with Crippen LogP contribution in [0.2, 0.25) is 0 Å². The molecular weight excluding hydrogens is 258 g/mol. The normalized spacial score (nSPS) is 13.7. The topological polar surface area (TPSA) is 50.9 Å². The summed E-state index contributed by atoms with van der Waals surface area (Å²) in [4.78, 5) is 4.55. The molecule has 0 radical (unpaired) electrons. The number of aliphatic hydroxyl groups is 1. The minimum Gasteiger partial charge on any atom is -0.386 e. The van der Waals surface area contributed by atoms with Crippen LogP contribution < -0.4 is 0 Å². The third-order valence-corrected chi connectivity index (χ3v) is 4.23. The Hall–Kier alpha value is -1.20. The van der Waals surface area contributed by atoms with Gasteiger partial charge in [0.2, 0.25) is 0 Å². The highest BCUT2D eigenvalue weighted by Crippen LogP contribution is 2.28. The first-order chi connectivity index (χ1) is 8.90. The molecule has 2 rings (SSSR count). The molecule has 104 valence electrons. The Kier molecular flexibility index (Phi) is 4.06. The monoisotopic (exact) mass is 279 g/mol. The molecule has 5 heteroatoms. The Bertz CT molecular complexity index is 539. The number of hydrogen-bond donors (Lipinski definition) is 1. The molecule has 1 atom stereocenters. The first kappa shape index (κ1) is 14.2. The second kappa shape index (κ2) is 5.43. The third kappa shape index (κ3) is 3.42. The number of nitrogens with zero attached hydrogens (tertiary/aromatic N) is 3. The Balaban J connectivity index is 2.07. The maximum atomic E-state index is 10.2. The van der Waals surface area contributed by atoms with Crippen molar-refractivity contribution in [2.45, 2.75) is 52.2 Å². The first-order valence-electron chi connectivity index (χ1n) is 6.55. The fraction of sp³-hybridized carbons (Fsp3) is 0.571. The van der Waals surface area contributed by atoms with E-state index in [1.807, 2.05) is 29.4 Å². The van der Waals surface area contributed by atoms with Crippen molar-refractivity contribution in [2.24, 2.45) is 0 Å². The van der Waals surface area contributed by atoms with Crippen LogP contribution in [-0.2, 0) is 18.4 Å². The quantitative estimate of drug-likeness (QED) is 0.936. The summed E-state index contributed by atoms with van der Waals surface area (Å²) in [5, 5.41) is 17.5. The lowest BCUT2D eigenvalue weighted by atomic mass is 9.98. The van der Waals surface area contributed by atoms with Crippen LogP contribution in [0.15, 0.2) is 17.8 Å². The van der Waals surface area contributed by atoms with Gasteiger partial charge in [0, 0.05) is 30.0 Å². The largest absolute Gasteiger partial charge is 0.386 e. The van der Waals surface area contributed by atoms with E-state index in [1.165, 1.54) is 0 Å². The lowest BCUT2D eigenvalue weighted by Gasteiger charge is -2.14. The van der Waals surface area contributed by atoms with E-state index in [2.05, 4.69) is 30.9 Å². The van der Waals surface area contributed by atoms with Gasteiger partial charge in [-0.3, -0.25) is 4.68 Å². The zero-order valence-electron chi connectivity index (χ0n) is 11.9. The molecule has 0 amide bonds. The van der Waals surface area contributed by atoms with Crippen LogP contribution >= 0.6 is 11.3 Å². The Morgan fingerprint density at radius 3 is 2.68 bits per heavy atom. The van der Waals surface area contributed by atoms with E-state index in [1.54, 1.807) is 11.3 Å². The molecule has 0 aliphatic heterocycles. The van der Waals surface area contributed by atoms with Gasteiger partial charge in [-0.25, -0.2) is 4.98 Å². The Labute approximate surface area is 118 Å². The lowest BCUT2D eigenvalue weighted by molar-refractivity contribution is 0.174. The molecule has 0 aliphatic rings. The van der Waals surface area contributed by atoms with Gasteiger partial charge in [0.15, 0.2) is 0 Å². The van der Waals surface area contributed by atoms with Crippen LogP contribution in [0.3, 0.4) is 0 Å². The molecule has 2 aromatic rings. The van der Waals surface area contributed by atoms with Crippen molar-refractivity contribution >= 4 is 11.3 Å². The van der Waals surface area contributed by atoms with Crippen molar-refractivity contribution < 1.29 is 5.11 Å². The molecule has 4 nitrogen and oxygen atoms in total. The molecule has 0 spiro atoms. The summed E-state index contributed by atoms with van der Waals surface area (Å²) in [6, 6.07) is 0. The van der Waals surface area contributed by atoms with E-state index < -0.39 is 6.10 Å². The van der Waals surface area contributed by atoms with E-state index in [4.69, 9.17) is 0 Å². The van der Waals surface area contributed by atoms with Gasteiger partial charge in [-0.15, -0.1) is 11.3 Å². The average Bonchev–Trinajstić information content (AvgIpc) is 2.96. The van der Waals surface area contributed by atoms with Gasteiger partial charge in [0.1, 0.15) is 6.10 Å². The number of hydrogen-bond acceptors (Lipinski definition) is 4. The molecule has 0 saturated carbocycles. The highest BCUT2D eigenvalue weighted by Gasteiger charge is 2.20. The number of rotatable bonds is 4. The fourth-order valence-electron chi connectivity index (χ4n) is 1.80. The SMILES string of the molecule is CCn1cc(CC(O)c2csc(C(C)(C)C)n2)cn1. The molecule has 0 aliphatic carbocycles. The van der Waals surface area contributed by atoms with Gasteiger partial charge in [-0.1, -0.05) is 20.8 Å². The summed E-state index contributed by atoms with van der Waals surface area (Å²) < 4.78 is 1.86. The Morgan fingerprint density at radius 2 is 2.16 bits per heavy atom. The summed E-state index contributed by atoms with van der Waals surface area (Å²) in [5.41, 5.74) is 1.84. The highest BCUT2D eigenvalue weighted by molar-refractivity contribution is 7.09. The number of thiazole rings is 1. The smallest absolute Gasteiger partial charge is 0.101 e. The second-order valence-corrected chi connectivity index (χ2v) is 6.61. The summed E-state index contributed by atoms with van der Waals surface area (Å²) >= 11 is 1.61. The third-order valence-electron chi connectivity index (χ3n) is 2.94. The predicted octanol–water partition coefficient (Wildman–Crippen LogP) is 2.93. The van der Waals surface area contributed by atoms with Gasteiger partial charge < -0.3 is 5.11 Å². The minimum atomic E-state index is -0.554. The van der Waals surface area contributed by atoms with E-state index in [9.17, 15) is 5.11 Å². The van der Waals surface area contributed by atoms with E-state index in [0.717, 1.165) is 22.8 Å². The van der Waals surface area contributed by atoms with Gasteiger partial charge in [-0.05, 0) is 12.5 Å². The van der Waals surface area contributed by atoms with Crippen molar-refractivity contribution in [2.75, 3.05) is 0 Å². The van der Waals surface area contributed by atoms with Gasteiger partial charge in [0.05, 0.1) is 16.9 Å². The van der Waals surface area contributed by atoms with Crippen LogP contribution in [0.4, 0.5) is 0 Å². The molecule has 0 bridgehead atoms. The summed E-state index contributed by atoms with van der Waals surface area (Å²) in [5.74, 6) is 0. The van der Waals surface area contributed by atoms with Crippen LogP contribution in [0, 0.1) is 0 Å². The Morgan fingerprint density at radius 1 is 1.42 bits per heavy atom. The van der Waals surface area contributed by atoms with E-state index in [0.29, 0.717) is 6.42 Å². The van der Waals surface area contributed by atoms with Crippen LogP contribution in [0.25, 0.3) is 0 Å². The van der Waals surface area contributed by atoms with Gasteiger partial charge >= 0.3 is 0 Å². The van der Waals surface area contributed by atoms with Crippen LogP contribution in [0.1, 0.15) is 50.1 Å². The summed E-state index contributed by atoms with van der Waals surface area (Å²) in [7, 11) is 0. The zero-order chi connectivity index (χ0) is 14.0. The summed E-state index contributed by atoms with van der Waals surface area (Å²) in [6.07, 6.45) is 3.79. The van der Waals surface area contributed by atoms with Crippen LogP contribution in [0.5, 0.6) is 0 Å². The number of aryl methyl sites for hydroxylation is 1. The highest BCUT2D eigenvalue weighted by atomic mass is 32.1. The zero-order valence-corrected chi connectivity index (χ0v) is 12.7. The van der Waals surface area contributed by atoms with E-state index >= 15 is 0 Å². The second-order valence-electron chi connectivity index (χ2n) is 5.75. The molecule has 0 fully saturated rings. The maximum Gasteiger partial charge on any atom is 0.101 e. The van der Waals surface area contributed by atoms with Crippen molar-refractivity contribution in [3.8, 4) is 0 Å². The van der Waals surface area contributed by atoms with E-state index in [-0.39, 0.29) is 5.41 Å². The first-order valence-corrected chi connectivity index (χ1v) is 7.43. The van der Waals surface area contributed by atoms with Crippen molar-refractivity contribution in [3.05, 3.63) is 34.0 Å². The van der Waals surface area contributed by atoms with Crippen molar-refractivity contribution in [1.82, 2.24) is 14.8 Å². The van der Waals surface area contributed by atoms with Crippen molar-refractivity contribution in [3.63, 3.8) is 0 Å². The lowest BCUT2D eigenvalue weighted by Crippen LogP contribution is -2.11. The fourth-order valence-corrected chi connectivity index (χ4v) is 2.75. The number of aromatic nitrogens is 3. The average molecular weight is 279 g/mol.